The van der Waals surface area contributed by atoms with Crippen molar-refractivity contribution in [3.05, 3.63) is 164 Å². The Bertz CT molecular complexity index is 1200. The molecule has 0 radical (unpaired) electrons. The molecule has 0 aliphatic rings. The molecule has 0 fully saturated rings. The molecule has 0 spiro atoms. The summed E-state index contributed by atoms with van der Waals surface area (Å²) < 4.78 is 54.6. The second kappa shape index (κ2) is 9.88. The van der Waals surface area contributed by atoms with Crippen LogP contribution in [-0.2, 0) is 0 Å². The average Bonchev–Trinajstić information content (AvgIpc) is 3.33. The summed E-state index contributed by atoms with van der Waals surface area (Å²) in [4.78, 5) is 1.99. The topological polar surface area (TPSA) is 0 Å². The zero-order valence-electron chi connectivity index (χ0n) is 18.5. The van der Waals surface area contributed by atoms with Gasteiger partial charge in [-0.05, 0) is 82.9 Å². The van der Waals surface area contributed by atoms with E-state index in [1.807, 2.05) is 12.1 Å². The van der Waals surface area contributed by atoms with Gasteiger partial charge in [0.25, 0.3) is 0 Å². The molecule has 4 aromatic carbocycles. The summed E-state index contributed by atoms with van der Waals surface area (Å²) in [6, 6.07) is 29.2. The van der Waals surface area contributed by atoms with E-state index < -0.39 is 0 Å². The van der Waals surface area contributed by atoms with Crippen LogP contribution in [-0.4, -0.2) is 0 Å². The van der Waals surface area contributed by atoms with Crippen molar-refractivity contribution in [1.82, 2.24) is 0 Å². The summed E-state index contributed by atoms with van der Waals surface area (Å²) in [7, 11) is 0. The number of halogens is 4. The van der Waals surface area contributed by atoms with E-state index >= 15 is 0 Å². The Morgan fingerprint density at radius 2 is 0.571 bits per heavy atom. The smallest absolute Gasteiger partial charge is 0.123 e. The van der Waals surface area contributed by atoms with Crippen LogP contribution >= 0.6 is 11.3 Å². The van der Waals surface area contributed by atoms with Crippen molar-refractivity contribution < 1.29 is 17.6 Å². The Morgan fingerprint density at radius 3 is 0.800 bits per heavy atom. The third-order valence-corrected chi connectivity index (χ3v) is 7.24. The Balaban J connectivity index is 1.61. The lowest BCUT2D eigenvalue weighted by atomic mass is 9.89. The monoisotopic (exact) mass is 488 g/mol. The molecule has 0 aliphatic heterocycles. The van der Waals surface area contributed by atoms with E-state index in [1.165, 1.54) is 48.5 Å². The first-order chi connectivity index (χ1) is 17.0. The summed E-state index contributed by atoms with van der Waals surface area (Å²) in [5, 5.41) is 0. The van der Waals surface area contributed by atoms with Gasteiger partial charge in [-0.3, -0.25) is 0 Å². The van der Waals surface area contributed by atoms with Gasteiger partial charge >= 0.3 is 0 Å². The molecule has 0 unspecified atom stereocenters. The quantitative estimate of drug-likeness (QED) is 0.210. The van der Waals surface area contributed by atoms with Gasteiger partial charge in [-0.2, -0.15) is 0 Å². The van der Waals surface area contributed by atoms with Crippen molar-refractivity contribution >= 4 is 11.3 Å². The molecule has 5 aromatic rings. The fraction of sp³-hybridized carbons (Fsp3) is 0.0667. The molecule has 0 saturated heterocycles. The highest BCUT2D eigenvalue weighted by atomic mass is 32.1. The van der Waals surface area contributed by atoms with E-state index in [2.05, 4.69) is 0 Å². The van der Waals surface area contributed by atoms with Crippen LogP contribution in [0.2, 0.25) is 0 Å². The van der Waals surface area contributed by atoms with Crippen LogP contribution in [0.25, 0.3) is 0 Å². The number of hydrogen-bond acceptors (Lipinski definition) is 1. The van der Waals surface area contributed by atoms with E-state index in [0.29, 0.717) is 0 Å². The molecule has 0 N–H and O–H groups in total. The Hall–Kier alpha value is -3.70. The SMILES string of the molecule is Fc1ccc(C(c2ccc(F)cc2)c2ccc(C(c3ccc(F)cc3)c3ccc(F)cc3)s2)cc1. The number of hydrogen-bond donors (Lipinski definition) is 0. The van der Waals surface area contributed by atoms with E-state index in [-0.39, 0.29) is 35.1 Å². The number of rotatable bonds is 6. The van der Waals surface area contributed by atoms with Crippen molar-refractivity contribution in [2.45, 2.75) is 11.8 Å². The second-order valence-corrected chi connectivity index (χ2v) is 9.46. The van der Waals surface area contributed by atoms with Gasteiger partial charge in [0.2, 0.25) is 0 Å². The molecular weight excluding hydrogens is 468 g/mol. The first-order valence-corrected chi connectivity index (χ1v) is 11.9. The van der Waals surface area contributed by atoms with E-state index in [0.717, 1.165) is 32.0 Å². The Morgan fingerprint density at radius 1 is 0.343 bits per heavy atom. The molecule has 5 rings (SSSR count). The predicted molar refractivity (Wildman–Crippen MR) is 132 cm³/mol. The van der Waals surface area contributed by atoms with Gasteiger partial charge in [-0.15, -0.1) is 11.3 Å². The third-order valence-electron chi connectivity index (χ3n) is 6.03. The van der Waals surface area contributed by atoms with E-state index in [4.69, 9.17) is 0 Å². The van der Waals surface area contributed by atoms with Crippen LogP contribution in [0.1, 0.15) is 43.8 Å². The van der Waals surface area contributed by atoms with E-state index in [9.17, 15) is 17.6 Å². The van der Waals surface area contributed by atoms with Crippen molar-refractivity contribution in [2.75, 3.05) is 0 Å². The zero-order valence-corrected chi connectivity index (χ0v) is 19.3. The number of thiophene rings is 1. The van der Waals surface area contributed by atoms with Crippen LogP contribution in [0.4, 0.5) is 17.6 Å². The van der Waals surface area contributed by atoms with Crippen molar-refractivity contribution in [1.29, 1.82) is 0 Å². The molecule has 1 heterocycles. The fourth-order valence-corrected chi connectivity index (χ4v) is 5.67. The van der Waals surface area contributed by atoms with Crippen LogP contribution in [0.5, 0.6) is 0 Å². The maximum Gasteiger partial charge on any atom is 0.123 e. The van der Waals surface area contributed by atoms with Crippen LogP contribution in [0, 0.1) is 23.3 Å². The minimum atomic E-state index is -0.328. The first kappa shape index (κ1) is 23.1. The van der Waals surface area contributed by atoms with E-state index in [1.54, 1.807) is 59.9 Å². The summed E-state index contributed by atoms with van der Waals surface area (Å²) in [5.74, 6) is -1.76. The molecule has 0 bridgehead atoms. The highest BCUT2D eigenvalue weighted by Crippen LogP contribution is 2.41. The Kier molecular flexibility index (Phi) is 6.51. The fourth-order valence-electron chi connectivity index (χ4n) is 4.34. The summed E-state index contributed by atoms with van der Waals surface area (Å²) >= 11 is 1.57. The average molecular weight is 489 g/mol. The maximum atomic E-state index is 13.6. The normalized spacial score (nSPS) is 11.4. The van der Waals surface area contributed by atoms with Gasteiger partial charge in [-0.25, -0.2) is 17.6 Å². The highest BCUT2D eigenvalue weighted by molar-refractivity contribution is 7.12. The van der Waals surface area contributed by atoms with Crippen LogP contribution < -0.4 is 0 Å². The van der Waals surface area contributed by atoms with Gasteiger partial charge in [0.05, 0.1) is 0 Å². The first-order valence-electron chi connectivity index (χ1n) is 11.1. The predicted octanol–water partition coefficient (Wildman–Crippen LogP) is 8.66. The summed E-state index contributed by atoms with van der Waals surface area (Å²) in [6.07, 6.45) is 0. The molecule has 5 heteroatoms. The molecular formula is C30H20F4S. The standard InChI is InChI=1S/C30H20F4S/c31-23-9-1-19(2-10-23)29(20-3-11-24(32)12-4-20)27-17-18-28(35-27)30(21-5-13-25(33)14-6-21)22-7-15-26(34)16-8-22/h1-18,29-30H. The van der Waals surface area contributed by atoms with Gasteiger partial charge in [0, 0.05) is 21.6 Å². The highest BCUT2D eigenvalue weighted by Gasteiger charge is 2.24. The minimum absolute atomic E-state index is 0.225. The van der Waals surface area contributed by atoms with Crippen molar-refractivity contribution in [3.8, 4) is 0 Å². The van der Waals surface area contributed by atoms with Gasteiger partial charge in [0.1, 0.15) is 23.3 Å². The van der Waals surface area contributed by atoms with Gasteiger partial charge < -0.3 is 0 Å². The lowest BCUT2D eigenvalue weighted by Crippen LogP contribution is -2.03. The molecule has 35 heavy (non-hydrogen) atoms. The van der Waals surface area contributed by atoms with Crippen molar-refractivity contribution in [3.63, 3.8) is 0 Å². The lowest BCUT2D eigenvalue weighted by Gasteiger charge is -2.19. The largest absolute Gasteiger partial charge is 0.207 e. The molecule has 0 nitrogen and oxygen atoms in total. The van der Waals surface area contributed by atoms with Crippen LogP contribution in [0.3, 0.4) is 0 Å². The zero-order chi connectivity index (χ0) is 24.4. The maximum absolute atomic E-state index is 13.6. The van der Waals surface area contributed by atoms with Crippen molar-refractivity contribution in [2.24, 2.45) is 0 Å². The molecule has 0 saturated carbocycles. The molecule has 174 valence electrons. The lowest BCUT2D eigenvalue weighted by molar-refractivity contribution is 0.625. The third kappa shape index (κ3) is 5.05. The van der Waals surface area contributed by atoms with Crippen LogP contribution in [0.15, 0.2) is 109 Å². The minimum Gasteiger partial charge on any atom is -0.207 e. The molecule has 0 atom stereocenters. The summed E-state index contributed by atoms with van der Waals surface area (Å²) in [5.41, 5.74) is 3.52. The molecule has 0 amide bonds. The molecule has 0 aliphatic carbocycles. The second-order valence-electron chi connectivity index (χ2n) is 8.31. The summed E-state index contributed by atoms with van der Waals surface area (Å²) in [6.45, 7) is 0. The van der Waals surface area contributed by atoms with Gasteiger partial charge in [0.15, 0.2) is 0 Å². The van der Waals surface area contributed by atoms with Gasteiger partial charge in [-0.1, -0.05) is 48.5 Å². The Labute approximate surface area is 205 Å². The number of benzene rings is 4. The molecule has 1 aromatic heterocycles.